The molecule has 0 bridgehead atoms. The molecule has 0 N–H and O–H groups in total. The van der Waals surface area contributed by atoms with Gasteiger partial charge >= 0.3 is 0 Å². The van der Waals surface area contributed by atoms with Crippen LogP contribution in [0.1, 0.15) is 44.4 Å². The fraction of sp³-hybridized carbons (Fsp3) is 0.333. The summed E-state index contributed by atoms with van der Waals surface area (Å²) < 4.78 is 5.23. The zero-order valence-electron chi connectivity index (χ0n) is 8.74. The van der Waals surface area contributed by atoms with Crippen molar-refractivity contribution in [1.29, 1.82) is 0 Å². The molecule has 0 unspecified atom stereocenters. The first-order valence-electron chi connectivity index (χ1n) is 4.83. The minimum atomic E-state index is -0.189. The molecule has 1 atom stereocenters. The Morgan fingerprint density at radius 1 is 1.47 bits per heavy atom. The van der Waals surface area contributed by atoms with Crippen molar-refractivity contribution in [2.24, 2.45) is 0 Å². The second kappa shape index (κ2) is 3.59. The quantitative estimate of drug-likeness (QED) is 0.693. The highest BCUT2D eigenvalue weighted by Crippen LogP contribution is 2.35. The van der Waals surface area contributed by atoms with Gasteiger partial charge in [0.1, 0.15) is 0 Å². The van der Waals surface area contributed by atoms with E-state index in [-0.39, 0.29) is 11.9 Å². The van der Waals surface area contributed by atoms with Crippen LogP contribution in [-0.2, 0) is 4.74 Å². The zero-order chi connectivity index (χ0) is 11.0. The van der Waals surface area contributed by atoms with Crippen molar-refractivity contribution in [1.82, 2.24) is 0 Å². The first-order chi connectivity index (χ1) is 7.17. The maximum Gasteiger partial charge on any atom is 0.166 e. The Bertz CT molecular complexity index is 435. The molecule has 3 heteroatoms. The van der Waals surface area contributed by atoms with Crippen LogP contribution in [0.4, 0.5) is 0 Å². The van der Waals surface area contributed by atoms with Gasteiger partial charge in [0.2, 0.25) is 0 Å². The maximum absolute atomic E-state index is 11.7. The molecule has 0 amide bonds. The average Bonchev–Trinajstić information content (AvgIpc) is 2.54. The number of benzene rings is 1. The second-order valence-corrected chi connectivity index (χ2v) is 3.79. The van der Waals surface area contributed by atoms with E-state index in [1.54, 1.807) is 13.2 Å². The summed E-state index contributed by atoms with van der Waals surface area (Å²) in [7, 11) is 1.58. The van der Waals surface area contributed by atoms with Crippen molar-refractivity contribution in [3.05, 3.63) is 34.4 Å². The zero-order valence-corrected chi connectivity index (χ0v) is 8.74. The number of aldehydes is 1. The van der Waals surface area contributed by atoms with Gasteiger partial charge < -0.3 is 4.74 Å². The molecule has 15 heavy (non-hydrogen) atoms. The van der Waals surface area contributed by atoms with Crippen LogP contribution in [-0.4, -0.2) is 19.2 Å². The van der Waals surface area contributed by atoms with Crippen LogP contribution in [0.15, 0.2) is 12.1 Å². The minimum Gasteiger partial charge on any atom is -0.376 e. The van der Waals surface area contributed by atoms with Gasteiger partial charge in [-0.1, -0.05) is 11.6 Å². The van der Waals surface area contributed by atoms with Crippen molar-refractivity contribution in [2.75, 3.05) is 7.11 Å². The van der Waals surface area contributed by atoms with Gasteiger partial charge in [0, 0.05) is 24.7 Å². The number of ketones is 1. The predicted octanol–water partition coefficient (Wildman–Crippen LogP) is 2.08. The number of aryl methyl sites for hydroxylation is 1. The Balaban J connectivity index is 2.66. The van der Waals surface area contributed by atoms with Crippen LogP contribution in [0.5, 0.6) is 0 Å². The highest BCUT2D eigenvalue weighted by atomic mass is 16.5. The van der Waals surface area contributed by atoms with Crippen LogP contribution in [0.3, 0.4) is 0 Å². The smallest absolute Gasteiger partial charge is 0.166 e. The molecular weight excluding hydrogens is 192 g/mol. The molecule has 0 saturated carbocycles. The number of hydrogen-bond acceptors (Lipinski definition) is 3. The Hall–Kier alpha value is -1.48. The molecular formula is C12H12O3. The molecule has 78 valence electrons. The van der Waals surface area contributed by atoms with Crippen LogP contribution < -0.4 is 0 Å². The van der Waals surface area contributed by atoms with Gasteiger partial charge in [-0.15, -0.1) is 0 Å². The Morgan fingerprint density at radius 3 is 2.80 bits per heavy atom. The molecule has 0 fully saturated rings. The van der Waals surface area contributed by atoms with Crippen molar-refractivity contribution >= 4 is 12.1 Å². The normalized spacial score (nSPS) is 19.1. The fourth-order valence-electron chi connectivity index (χ4n) is 2.10. The number of carbonyl (C=O) groups is 2. The summed E-state index contributed by atoms with van der Waals surface area (Å²) in [6, 6.07) is 3.66. The number of methoxy groups -OCH3 is 1. The van der Waals surface area contributed by atoms with Crippen molar-refractivity contribution in [3.8, 4) is 0 Å². The largest absolute Gasteiger partial charge is 0.376 e. The summed E-state index contributed by atoms with van der Waals surface area (Å²) in [6.45, 7) is 1.91. The van der Waals surface area contributed by atoms with Crippen molar-refractivity contribution in [2.45, 2.75) is 19.4 Å². The molecule has 0 radical (unpaired) electrons. The number of hydrogen-bond donors (Lipinski definition) is 0. The highest BCUT2D eigenvalue weighted by Gasteiger charge is 2.31. The Labute approximate surface area is 88.1 Å². The lowest BCUT2D eigenvalue weighted by Gasteiger charge is -2.09. The van der Waals surface area contributed by atoms with Crippen LogP contribution in [0.25, 0.3) is 0 Å². The lowest BCUT2D eigenvalue weighted by atomic mass is 10.00. The van der Waals surface area contributed by atoms with E-state index in [0.29, 0.717) is 17.5 Å². The fourth-order valence-corrected chi connectivity index (χ4v) is 2.10. The molecule has 0 aromatic heterocycles. The van der Waals surface area contributed by atoms with Crippen molar-refractivity contribution < 1.29 is 14.3 Å². The average molecular weight is 204 g/mol. The van der Waals surface area contributed by atoms with Gasteiger partial charge in [0.15, 0.2) is 12.1 Å². The standard InChI is InChI=1S/C12H12O3/c1-7-3-8(6-13)12-9(4-7)11(15-2)5-10(12)14/h3-4,6,11H,5H2,1-2H3/t11-/m1/s1. The summed E-state index contributed by atoms with van der Waals surface area (Å²) in [4.78, 5) is 22.6. The molecule has 2 rings (SSSR count). The van der Waals surface area contributed by atoms with E-state index in [1.165, 1.54) is 0 Å². The van der Waals surface area contributed by atoms with Gasteiger partial charge in [-0.3, -0.25) is 9.59 Å². The van der Waals surface area contributed by atoms with Gasteiger partial charge in [-0.05, 0) is 18.6 Å². The predicted molar refractivity (Wildman–Crippen MR) is 55.3 cm³/mol. The molecule has 1 aliphatic rings. The van der Waals surface area contributed by atoms with Crippen LogP contribution in [0.2, 0.25) is 0 Å². The molecule has 0 saturated heterocycles. The molecule has 1 aromatic carbocycles. The highest BCUT2D eigenvalue weighted by molar-refractivity contribution is 6.07. The number of carbonyl (C=O) groups excluding carboxylic acids is 2. The Kier molecular flexibility index (Phi) is 2.40. The SMILES string of the molecule is CO[C@@H]1CC(=O)c2c(C=O)cc(C)cc21. The molecule has 1 aliphatic carbocycles. The van der Waals surface area contributed by atoms with E-state index in [0.717, 1.165) is 17.4 Å². The van der Waals surface area contributed by atoms with E-state index < -0.39 is 0 Å². The first kappa shape index (κ1) is 10.1. The van der Waals surface area contributed by atoms with Crippen molar-refractivity contribution in [3.63, 3.8) is 0 Å². The van der Waals surface area contributed by atoms with Gasteiger partial charge in [-0.2, -0.15) is 0 Å². The summed E-state index contributed by atoms with van der Waals surface area (Å²) in [5.74, 6) is -0.000972. The molecule has 0 aliphatic heterocycles. The molecule has 0 spiro atoms. The third kappa shape index (κ3) is 1.49. The lowest BCUT2D eigenvalue weighted by molar-refractivity contribution is 0.0811. The second-order valence-electron chi connectivity index (χ2n) is 3.79. The topological polar surface area (TPSA) is 43.4 Å². The summed E-state index contributed by atoms with van der Waals surface area (Å²) in [5, 5.41) is 0. The van der Waals surface area contributed by atoms with Gasteiger partial charge in [-0.25, -0.2) is 0 Å². The van der Waals surface area contributed by atoms with Gasteiger partial charge in [0.25, 0.3) is 0 Å². The minimum absolute atomic E-state index is 0.000972. The summed E-state index contributed by atoms with van der Waals surface area (Å²) in [6.07, 6.45) is 0.892. The van der Waals surface area contributed by atoms with Crippen LogP contribution in [0, 0.1) is 6.92 Å². The molecule has 0 heterocycles. The van der Waals surface area contributed by atoms with E-state index in [1.807, 2.05) is 13.0 Å². The maximum atomic E-state index is 11.7. The molecule has 3 nitrogen and oxygen atoms in total. The van der Waals surface area contributed by atoms with Crippen LogP contribution >= 0.6 is 0 Å². The van der Waals surface area contributed by atoms with Gasteiger partial charge in [0.05, 0.1) is 6.10 Å². The summed E-state index contributed by atoms with van der Waals surface area (Å²) >= 11 is 0. The van der Waals surface area contributed by atoms with E-state index in [4.69, 9.17) is 4.74 Å². The molecule has 1 aromatic rings. The Morgan fingerprint density at radius 2 is 2.20 bits per heavy atom. The van der Waals surface area contributed by atoms with E-state index in [2.05, 4.69) is 0 Å². The van der Waals surface area contributed by atoms with E-state index in [9.17, 15) is 9.59 Å². The number of ether oxygens (including phenoxy) is 1. The third-order valence-corrected chi connectivity index (χ3v) is 2.75. The number of rotatable bonds is 2. The monoisotopic (exact) mass is 204 g/mol. The lowest BCUT2D eigenvalue weighted by Crippen LogP contribution is -1.99. The van der Waals surface area contributed by atoms with E-state index >= 15 is 0 Å². The number of Topliss-reactive ketones (excluding diaryl/α,β-unsaturated/α-hetero) is 1. The first-order valence-corrected chi connectivity index (χ1v) is 4.83. The summed E-state index contributed by atoms with van der Waals surface area (Å²) in [5.41, 5.74) is 2.86. The third-order valence-electron chi connectivity index (χ3n) is 2.75. The number of fused-ring (bicyclic) bond motifs is 1.